The molecule has 0 N–H and O–H groups in total. The molecule has 0 saturated carbocycles. The lowest BCUT2D eigenvalue weighted by Crippen LogP contribution is -2.21. The van der Waals surface area contributed by atoms with Gasteiger partial charge in [-0.25, -0.2) is 14.4 Å². The van der Waals surface area contributed by atoms with Gasteiger partial charge in [-0.3, -0.25) is 4.79 Å². The molecule has 0 fully saturated rings. The van der Waals surface area contributed by atoms with Crippen molar-refractivity contribution in [3.63, 3.8) is 0 Å². The first kappa shape index (κ1) is 24.1. The zero-order chi connectivity index (χ0) is 26.4. The Morgan fingerprint density at radius 2 is 2.00 bits per heavy atom. The number of imidazole rings is 1. The van der Waals surface area contributed by atoms with Crippen molar-refractivity contribution in [2.45, 2.75) is 6.61 Å². The van der Waals surface area contributed by atoms with E-state index < -0.39 is 5.82 Å². The fourth-order valence-corrected chi connectivity index (χ4v) is 5.42. The third-order valence-electron chi connectivity index (χ3n) is 5.77. The molecular formula is C26H20FN5O4S2. The third-order valence-corrected chi connectivity index (χ3v) is 7.59. The predicted octanol–water partition coefficient (Wildman–Crippen LogP) is 5.76. The second-order valence-corrected chi connectivity index (χ2v) is 10.3. The number of rotatable bonds is 7. The number of aromatic nitrogens is 4. The number of hydrogen-bond acceptors (Lipinski definition) is 9. The quantitative estimate of drug-likeness (QED) is 0.250. The number of fused-ring (bicyclic) bond motifs is 2. The number of thiazole rings is 1. The number of carbonyl (C=O) groups excluding carboxylic acids is 1. The summed E-state index contributed by atoms with van der Waals surface area (Å²) in [5.41, 5.74) is 3.17. The highest BCUT2D eigenvalue weighted by Crippen LogP contribution is 2.36. The van der Waals surface area contributed by atoms with E-state index in [1.165, 1.54) is 39.7 Å². The highest BCUT2D eigenvalue weighted by atomic mass is 32.1. The van der Waals surface area contributed by atoms with Gasteiger partial charge in [0.05, 0.1) is 24.4 Å². The molecule has 0 atom stereocenters. The highest BCUT2D eigenvalue weighted by molar-refractivity contribution is 7.18. The van der Waals surface area contributed by atoms with Gasteiger partial charge in [-0.1, -0.05) is 12.1 Å². The van der Waals surface area contributed by atoms with Crippen molar-refractivity contribution < 1.29 is 23.1 Å². The minimum absolute atomic E-state index is 0.0578. The van der Waals surface area contributed by atoms with E-state index in [0.717, 1.165) is 10.6 Å². The molecular weight excluding hydrogens is 529 g/mol. The Bertz CT molecular complexity index is 1780. The fraction of sp³-hybridized carbons (Fsp3) is 0.154. The van der Waals surface area contributed by atoms with Crippen molar-refractivity contribution in [2.75, 3.05) is 21.2 Å². The molecule has 0 aliphatic heterocycles. The summed E-state index contributed by atoms with van der Waals surface area (Å²) >= 11 is 2.77. The second kappa shape index (κ2) is 9.54. The summed E-state index contributed by atoms with van der Waals surface area (Å²) in [6.07, 6.45) is 1.65. The van der Waals surface area contributed by atoms with Crippen LogP contribution < -0.4 is 9.47 Å². The van der Waals surface area contributed by atoms with Crippen LogP contribution in [-0.4, -0.2) is 51.6 Å². The molecule has 0 aliphatic rings. The van der Waals surface area contributed by atoms with Gasteiger partial charge >= 0.3 is 0 Å². The van der Waals surface area contributed by atoms with E-state index >= 15 is 0 Å². The number of carbonyl (C=O) groups is 1. The van der Waals surface area contributed by atoms with Crippen LogP contribution in [0.25, 0.3) is 38.0 Å². The number of nitrogens with zero attached hydrogens (tertiary/aromatic N) is 5. The van der Waals surface area contributed by atoms with Crippen molar-refractivity contribution in [2.24, 2.45) is 0 Å². The van der Waals surface area contributed by atoms with Crippen LogP contribution in [0.4, 0.5) is 4.39 Å². The zero-order valence-corrected chi connectivity index (χ0v) is 22.1. The Hall–Kier alpha value is -4.29. The summed E-state index contributed by atoms with van der Waals surface area (Å²) < 4.78 is 33.2. The number of hydrogen-bond donors (Lipinski definition) is 0. The topological polar surface area (TPSA) is 95.0 Å². The Balaban J connectivity index is 1.23. The van der Waals surface area contributed by atoms with Crippen LogP contribution in [0.5, 0.6) is 10.9 Å². The molecule has 38 heavy (non-hydrogen) atoms. The van der Waals surface area contributed by atoms with Crippen LogP contribution in [0.1, 0.15) is 16.1 Å². The average Bonchev–Trinajstić information content (AvgIpc) is 3.70. The van der Waals surface area contributed by atoms with Gasteiger partial charge in [-0.15, -0.1) is 16.4 Å². The monoisotopic (exact) mass is 549 g/mol. The molecule has 0 unspecified atom stereocenters. The summed E-state index contributed by atoms with van der Waals surface area (Å²) in [7, 11) is 4.98. The van der Waals surface area contributed by atoms with Crippen LogP contribution in [0.2, 0.25) is 0 Å². The van der Waals surface area contributed by atoms with Gasteiger partial charge in [0.2, 0.25) is 4.96 Å². The normalized spacial score (nSPS) is 11.4. The summed E-state index contributed by atoms with van der Waals surface area (Å²) in [4.78, 5) is 23.3. The summed E-state index contributed by atoms with van der Waals surface area (Å²) in [6, 6.07) is 11.7. The number of ether oxygens (including phenoxy) is 2. The first-order chi connectivity index (χ1) is 18.4. The van der Waals surface area contributed by atoms with Gasteiger partial charge in [0, 0.05) is 42.7 Å². The number of furan rings is 1. The summed E-state index contributed by atoms with van der Waals surface area (Å²) in [6.45, 7) is 0.146. The molecule has 0 saturated heterocycles. The summed E-state index contributed by atoms with van der Waals surface area (Å²) in [5.74, 6) is 0.279. The first-order valence-electron chi connectivity index (χ1n) is 11.4. The average molecular weight is 550 g/mol. The third kappa shape index (κ3) is 4.37. The first-order valence-corrected chi connectivity index (χ1v) is 13.1. The SMILES string of the molecule is COc1nn2c(-c3cc4c(OCc5csc(-c6ccc(C(=O)N(C)C)cc6)n5)cc(F)cc4o3)cnc2s1. The van der Waals surface area contributed by atoms with E-state index in [2.05, 4.69) is 15.1 Å². The van der Waals surface area contributed by atoms with Crippen LogP contribution in [0.3, 0.4) is 0 Å². The van der Waals surface area contributed by atoms with Crippen LogP contribution >= 0.6 is 22.7 Å². The molecule has 9 nitrogen and oxygen atoms in total. The van der Waals surface area contributed by atoms with Crippen molar-refractivity contribution in [1.29, 1.82) is 0 Å². The molecule has 0 bridgehead atoms. The molecule has 4 aromatic heterocycles. The Labute approximate surface area is 223 Å². The lowest BCUT2D eigenvalue weighted by molar-refractivity contribution is 0.0827. The van der Waals surface area contributed by atoms with E-state index in [1.54, 1.807) is 50.1 Å². The molecule has 1 amide bonds. The van der Waals surface area contributed by atoms with E-state index in [-0.39, 0.29) is 12.5 Å². The maximum atomic E-state index is 14.4. The second-order valence-electron chi connectivity index (χ2n) is 8.55. The molecule has 12 heteroatoms. The molecule has 0 spiro atoms. The molecule has 6 rings (SSSR count). The van der Waals surface area contributed by atoms with Crippen LogP contribution in [0, 0.1) is 5.82 Å². The molecule has 0 aliphatic carbocycles. The summed E-state index contributed by atoms with van der Waals surface area (Å²) in [5, 5.41) is 8.15. The van der Waals surface area contributed by atoms with E-state index in [9.17, 15) is 9.18 Å². The maximum absolute atomic E-state index is 14.4. The largest absolute Gasteiger partial charge is 0.486 e. The molecule has 192 valence electrons. The number of benzene rings is 2. The van der Waals surface area contributed by atoms with Gasteiger partial charge in [0.1, 0.15) is 34.5 Å². The number of halogens is 1. The van der Waals surface area contributed by atoms with E-state index in [0.29, 0.717) is 49.6 Å². The van der Waals surface area contributed by atoms with Gasteiger partial charge in [0.25, 0.3) is 11.1 Å². The van der Waals surface area contributed by atoms with E-state index in [1.807, 2.05) is 17.5 Å². The maximum Gasteiger partial charge on any atom is 0.294 e. The molecule has 2 aromatic carbocycles. The van der Waals surface area contributed by atoms with Crippen LogP contribution in [0.15, 0.2) is 58.5 Å². The lowest BCUT2D eigenvalue weighted by Gasteiger charge is -2.10. The van der Waals surface area contributed by atoms with Crippen molar-refractivity contribution in [3.05, 3.63) is 71.1 Å². The van der Waals surface area contributed by atoms with E-state index in [4.69, 9.17) is 13.9 Å². The lowest BCUT2D eigenvalue weighted by atomic mass is 10.1. The Morgan fingerprint density at radius 3 is 2.76 bits per heavy atom. The minimum Gasteiger partial charge on any atom is -0.486 e. The molecule has 6 aromatic rings. The predicted molar refractivity (Wildman–Crippen MR) is 142 cm³/mol. The standard InChI is InChI=1S/C26H20FN5O4S2/c1-31(2)24(33)15-6-4-14(5-7-15)23-29-17(13-37-23)12-35-20-8-16(27)9-21-18(20)10-22(36-21)19-11-28-25-32(19)30-26(34-3)38-25/h4-11,13H,12H2,1-3H3. The Morgan fingerprint density at radius 1 is 1.18 bits per heavy atom. The minimum atomic E-state index is -0.478. The molecule has 4 heterocycles. The fourth-order valence-electron chi connectivity index (χ4n) is 3.92. The smallest absolute Gasteiger partial charge is 0.294 e. The van der Waals surface area contributed by atoms with Gasteiger partial charge < -0.3 is 18.8 Å². The van der Waals surface area contributed by atoms with Crippen molar-refractivity contribution in [1.82, 2.24) is 24.5 Å². The number of amides is 1. The van der Waals surface area contributed by atoms with Gasteiger partial charge in [0.15, 0.2) is 5.76 Å². The van der Waals surface area contributed by atoms with Crippen LogP contribution in [-0.2, 0) is 6.61 Å². The Kier molecular flexibility index (Phi) is 6.04. The van der Waals surface area contributed by atoms with Gasteiger partial charge in [-0.05, 0) is 29.5 Å². The zero-order valence-electron chi connectivity index (χ0n) is 20.5. The molecule has 0 radical (unpaired) electrons. The number of methoxy groups -OCH3 is 1. The highest BCUT2D eigenvalue weighted by Gasteiger charge is 2.19. The van der Waals surface area contributed by atoms with Crippen molar-refractivity contribution in [3.8, 4) is 33.0 Å². The van der Waals surface area contributed by atoms with Crippen molar-refractivity contribution >= 4 is 44.5 Å². The van der Waals surface area contributed by atoms with Gasteiger partial charge in [-0.2, -0.15) is 4.52 Å².